The molecule has 1 amide bonds. The molecule has 2 rings (SSSR count). The Morgan fingerprint density at radius 3 is 2.53 bits per heavy atom. The zero-order valence-electron chi connectivity index (χ0n) is 10.5. The molecular weight excluding hydrogens is 236 g/mol. The van der Waals surface area contributed by atoms with Gasteiger partial charge in [-0.25, -0.2) is 0 Å². The van der Waals surface area contributed by atoms with Gasteiger partial charge in [0.25, 0.3) is 0 Å². The molecule has 4 heteroatoms. The van der Waals surface area contributed by atoms with Gasteiger partial charge in [0.05, 0.1) is 0 Å². The topological polar surface area (TPSA) is 41.1 Å². The number of hydrogen-bond acceptors (Lipinski definition) is 2. The summed E-state index contributed by atoms with van der Waals surface area (Å²) in [5.74, 6) is 1.76. The van der Waals surface area contributed by atoms with Crippen molar-refractivity contribution >= 4 is 18.3 Å². The second kappa shape index (κ2) is 7.93. The molecule has 1 unspecified atom stereocenters. The van der Waals surface area contributed by atoms with Crippen LogP contribution in [0, 0.1) is 11.8 Å². The van der Waals surface area contributed by atoms with E-state index in [0.29, 0.717) is 5.92 Å². The number of piperidine rings is 1. The fourth-order valence-electron chi connectivity index (χ4n) is 2.56. The van der Waals surface area contributed by atoms with Gasteiger partial charge in [0.1, 0.15) is 0 Å². The number of rotatable bonds is 5. The third-order valence-corrected chi connectivity index (χ3v) is 3.99. The number of carbonyl (C=O) groups excluding carboxylic acids is 1. The Balaban J connectivity index is 0.00000144. The first-order valence-corrected chi connectivity index (χ1v) is 6.82. The van der Waals surface area contributed by atoms with Gasteiger partial charge in [0.15, 0.2) is 0 Å². The van der Waals surface area contributed by atoms with Crippen LogP contribution in [0.5, 0.6) is 0 Å². The quantitative estimate of drug-likeness (QED) is 0.795. The molecule has 2 N–H and O–H groups in total. The highest BCUT2D eigenvalue weighted by atomic mass is 35.5. The van der Waals surface area contributed by atoms with E-state index in [4.69, 9.17) is 0 Å². The smallest absolute Gasteiger partial charge is 0.220 e. The number of amides is 1. The summed E-state index contributed by atoms with van der Waals surface area (Å²) in [6, 6.07) is 0. The Kier molecular flexibility index (Phi) is 6.90. The maximum Gasteiger partial charge on any atom is 0.220 e. The lowest BCUT2D eigenvalue weighted by Gasteiger charge is -2.25. The van der Waals surface area contributed by atoms with E-state index in [1.165, 1.54) is 32.1 Å². The Bertz CT molecular complexity index is 225. The van der Waals surface area contributed by atoms with Crippen molar-refractivity contribution in [2.45, 2.75) is 44.9 Å². The number of nitrogens with one attached hydrogen (secondary N) is 2. The fourth-order valence-corrected chi connectivity index (χ4v) is 2.56. The van der Waals surface area contributed by atoms with Crippen LogP contribution in [-0.2, 0) is 4.79 Å². The maximum atomic E-state index is 11.6. The van der Waals surface area contributed by atoms with Crippen LogP contribution in [0.2, 0.25) is 0 Å². The van der Waals surface area contributed by atoms with Crippen molar-refractivity contribution in [2.24, 2.45) is 11.8 Å². The average Bonchev–Trinajstić information content (AvgIpc) is 2.26. The molecule has 1 atom stereocenters. The molecular formula is C13H25ClN2O. The summed E-state index contributed by atoms with van der Waals surface area (Å²) in [4.78, 5) is 11.6. The van der Waals surface area contributed by atoms with Crippen LogP contribution < -0.4 is 10.6 Å². The van der Waals surface area contributed by atoms with E-state index >= 15 is 0 Å². The molecule has 17 heavy (non-hydrogen) atoms. The van der Waals surface area contributed by atoms with Gasteiger partial charge in [0, 0.05) is 13.0 Å². The highest BCUT2D eigenvalue weighted by Gasteiger charge is 2.19. The van der Waals surface area contributed by atoms with E-state index in [-0.39, 0.29) is 18.3 Å². The lowest BCUT2D eigenvalue weighted by Crippen LogP contribution is -2.38. The highest BCUT2D eigenvalue weighted by molar-refractivity contribution is 5.85. The molecule has 1 aliphatic carbocycles. The lowest BCUT2D eigenvalue weighted by molar-refractivity contribution is -0.121. The molecule has 0 aromatic heterocycles. The van der Waals surface area contributed by atoms with Gasteiger partial charge in [-0.3, -0.25) is 4.79 Å². The van der Waals surface area contributed by atoms with Gasteiger partial charge in [-0.1, -0.05) is 19.3 Å². The fraction of sp³-hybridized carbons (Fsp3) is 0.923. The number of halogens is 1. The van der Waals surface area contributed by atoms with Crippen LogP contribution in [0.15, 0.2) is 0 Å². The van der Waals surface area contributed by atoms with Gasteiger partial charge in [-0.15, -0.1) is 12.4 Å². The molecule has 1 saturated carbocycles. The van der Waals surface area contributed by atoms with E-state index in [1.807, 2.05) is 0 Å². The zero-order chi connectivity index (χ0) is 11.2. The largest absolute Gasteiger partial charge is 0.356 e. The van der Waals surface area contributed by atoms with E-state index in [0.717, 1.165) is 38.4 Å². The van der Waals surface area contributed by atoms with Crippen LogP contribution in [0.3, 0.4) is 0 Å². The molecule has 0 bridgehead atoms. The Morgan fingerprint density at radius 2 is 1.94 bits per heavy atom. The highest BCUT2D eigenvalue weighted by Crippen LogP contribution is 2.30. The van der Waals surface area contributed by atoms with Crippen LogP contribution in [0.25, 0.3) is 0 Å². The van der Waals surface area contributed by atoms with Crippen molar-refractivity contribution < 1.29 is 4.79 Å². The van der Waals surface area contributed by atoms with Gasteiger partial charge >= 0.3 is 0 Å². The first-order chi connectivity index (χ1) is 7.84. The third kappa shape index (κ3) is 5.26. The Morgan fingerprint density at radius 1 is 1.18 bits per heavy atom. The molecule has 0 radical (unpaired) electrons. The van der Waals surface area contributed by atoms with E-state index in [1.54, 1.807) is 0 Å². The summed E-state index contributed by atoms with van der Waals surface area (Å²) >= 11 is 0. The van der Waals surface area contributed by atoms with Crippen LogP contribution >= 0.6 is 12.4 Å². The summed E-state index contributed by atoms with van der Waals surface area (Å²) in [7, 11) is 0. The van der Waals surface area contributed by atoms with Gasteiger partial charge in [-0.2, -0.15) is 0 Å². The van der Waals surface area contributed by atoms with Gasteiger partial charge < -0.3 is 10.6 Å². The predicted octanol–water partition coefficient (Wildman–Crippen LogP) is 2.10. The van der Waals surface area contributed by atoms with Crippen LogP contribution in [0.4, 0.5) is 0 Å². The van der Waals surface area contributed by atoms with Crippen molar-refractivity contribution in [3.8, 4) is 0 Å². The minimum absolute atomic E-state index is 0. The van der Waals surface area contributed by atoms with E-state index < -0.39 is 0 Å². The molecule has 0 aromatic rings. The molecule has 0 aromatic carbocycles. The minimum Gasteiger partial charge on any atom is -0.356 e. The van der Waals surface area contributed by atoms with E-state index in [9.17, 15) is 4.79 Å². The Labute approximate surface area is 111 Å². The second-order valence-electron chi connectivity index (χ2n) is 5.35. The summed E-state index contributed by atoms with van der Waals surface area (Å²) in [6.07, 6.45) is 8.43. The normalized spacial score (nSPS) is 24.6. The minimum atomic E-state index is 0. The zero-order valence-corrected chi connectivity index (χ0v) is 11.4. The van der Waals surface area contributed by atoms with Crippen molar-refractivity contribution in [1.82, 2.24) is 10.6 Å². The average molecular weight is 261 g/mol. The Hall–Kier alpha value is -0.280. The van der Waals surface area contributed by atoms with E-state index in [2.05, 4.69) is 10.6 Å². The molecule has 3 nitrogen and oxygen atoms in total. The third-order valence-electron chi connectivity index (χ3n) is 3.99. The monoisotopic (exact) mass is 260 g/mol. The predicted molar refractivity (Wildman–Crippen MR) is 72.4 cm³/mol. The summed E-state index contributed by atoms with van der Waals surface area (Å²) in [5, 5.41) is 6.45. The van der Waals surface area contributed by atoms with Crippen molar-refractivity contribution in [3.63, 3.8) is 0 Å². The first-order valence-electron chi connectivity index (χ1n) is 6.82. The van der Waals surface area contributed by atoms with Crippen molar-refractivity contribution in [2.75, 3.05) is 19.6 Å². The molecule has 1 saturated heterocycles. The van der Waals surface area contributed by atoms with Gasteiger partial charge in [0.2, 0.25) is 5.91 Å². The molecule has 1 aliphatic heterocycles. The van der Waals surface area contributed by atoms with Crippen LogP contribution in [-0.4, -0.2) is 25.5 Å². The number of carbonyl (C=O) groups is 1. The van der Waals surface area contributed by atoms with Crippen LogP contribution in [0.1, 0.15) is 44.9 Å². The molecule has 100 valence electrons. The second-order valence-corrected chi connectivity index (χ2v) is 5.35. The maximum absolute atomic E-state index is 11.6. The van der Waals surface area contributed by atoms with Crippen molar-refractivity contribution in [1.29, 1.82) is 0 Å². The number of hydrogen-bond donors (Lipinski definition) is 2. The molecule has 1 heterocycles. The summed E-state index contributed by atoms with van der Waals surface area (Å²) in [6.45, 7) is 3.09. The standard InChI is InChI=1S/C13H24N2O.ClH/c16-13(7-6-11-3-1-4-11)15-10-12-5-2-8-14-9-12;/h11-12,14H,1-10H2,(H,15,16);1H. The lowest BCUT2D eigenvalue weighted by atomic mass is 9.82. The molecule has 2 fully saturated rings. The SMILES string of the molecule is Cl.O=C(CCC1CCC1)NCC1CCCNC1. The molecule has 2 aliphatic rings. The van der Waals surface area contributed by atoms with Crippen molar-refractivity contribution in [3.05, 3.63) is 0 Å². The molecule has 0 spiro atoms. The summed E-state index contributed by atoms with van der Waals surface area (Å²) in [5.41, 5.74) is 0. The van der Waals surface area contributed by atoms with Gasteiger partial charge in [-0.05, 0) is 44.2 Å². The first kappa shape index (κ1) is 14.8. The summed E-state index contributed by atoms with van der Waals surface area (Å²) < 4.78 is 0.